The molecule has 1 aromatic rings. The van der Waals surface area contributed by atoms with E-state index in [0.717, 1.165) is 19.1 Å². The molecule has 0 radical (unpaired) electrons. The van der Waals surface area contributed by atoms with Crippen molar-refractivity contribution in [2.75, 3.05) is 32.5 Å². The maximum Gasteiger partial charge on any atom is 0.0340 e. The third kappa shape index (κ3) is 5.01. The number of nitrogens with one attached hydrogen (secondary N) is 2. The van der Waals surface area contributed by atoms with Gasteiger partial charge in [-0.3, -0.25) is 0 Å². The number of para-hydroxylation sites is 1. The Labute approximate surface area is 130 Å². The molecule has 0 amide bonds. The number of nitrogens with zero attached hydrogens (tertiary/aromatic N) is 1. The quantitative estimate of drug-likeness (QED) is 0.754. The minimum absolute atomic E-state index is 0.410. The van der Waals surface area contributed by atoms with Crippen molar-refractivity contribution in [2.45, 2.75) is 50.6 Å². The highest BCUT2D eigenvalue weighted by Crippen LogP contribution is 2.31. The Hall–Kier alpha value is -1.06. The van der Waals surface area contributed by atoms with Gasteiger partial charge in [-0.2, -0.15) is 0 Å². The van der Waals surface area contributed by atoms with E-state index in [9.17, 15) is 0 Å². The molecule has 1 aliphatic carbocycles. The summed E-state index contributed by atoms with van der Waals surface area (Å²) >= 11 is 0. The number of rotatable bonds is 7. The molecular weight excluding hydrogens is 258 g/mol. The van der Waals surface area contributed by atoms with E-state index >= 15 is 0 Å². The van der Waals surface area contributed by atoms with E-state index in [0.29, 0.717) is 5.54 Å². The number of benzene rings is 1. The van der Waals surface area contributed by atoms with Crippen LogP contribution in [0.3, 0.4) is 0 Å². The minimum Gasteiger partial charge on any atom is -0.385 e. The molecule has 0 spiro atoms. The second-order valence-corrected chi connectivity index (χ2v) is 6.77. The molecule has 0 bridgehead atoms. The Bertz CT molecular complexity index is 394. The minimum atomic E-state index is 0.410. The predicted molar refractivity (Wildman–Crippen MR) is 91.9 cm³/mol. The van der Waals surface area contributed by atoms with Gasteiger partial charge in [0.1, 0.15) is 0 Å². The van der Waals surface area contributed by atoms with Gasteiger partial charge in [0.05, 0.1) is 0 Å². The molecule has 1 fully saturated rings. The van der Waals surface area contributed by atoms with Crippen molar-refractivity contribution < 1.29 is 0 Å². The molecule has 0 aromatic heterocycles. The van der Waals surface area contributed by atoms with Gasteiger partial charge < -0.3 is 15.5 Å². The van der Waals surface area contributed by atoms with Crippen molar-refractivity contribution in [3.05, 3.63) is 30.3 Å². The lowest BCUT2D eigenvalue weighted by atomic mass is 9.80. The molecule has 3 heteroatoms. The van der Waals surface area contributed by atoms with E-state index < -0.39 is 0 Å². The van der Waals surface area contributed by atoms with Gasteiger partial charge in [0.2, 0.25) is 0 Å². The smallest absolute Gasteiger partial charge is 0.0340 e. The van der Waals surface area contributed by atoms with Crippen LogP contribution in [0.4, 0.5) is 5.69 Å². The molecule has 1 aromatic carbocycles. The van der Waals surface area contributed by atoms with Gasteiger partial charge in [-0.05, 0) is 71.8 Å². The molecule has 0 saturated heterocycles. The zero-order valence-electron chi connectivity index (χ0n) is 13.9. The summed E-state index contributed by atoms with van der Waals surface area (Å²) < 4.78 is 0. The van der Waals surface area contributed by atoms with Crippen LogP contribution < -0.4 is 10.6 Å². The van der Waals surface area contributed by atoms with Crippen LogP contribution in [0.15, 0.2) is 30.3 Å². The molecule has 2 rings (SSSR count). The fraction of sp³-hybridized carbons (Fsp3) is 0.667. The van der Waals surface area contributed by atoms with Crippen LogP contribution in [0.2, 0.25) is 0 Å². The van der Waals surface area contributed by atoms with Crippen LogP contribution in [0, 0.1) is 0 Å². The summed E-state index contributed by atoms with van der Waals surface area (Å²) in [5.74, 6) is 0. The number of hydrogen-bond acceptors (Lipinski definition) is 3. The van der Waals surface area contributed by atoms with Gasteiger partial charge in [0.25, 0.3) is 0 Å². The van der Waals surface area contributed by atoms with Crippen molar-refractivity contribution in [3.8, 4) is 0 Å². The Balaban J connectivity index is 1.56. The molecule has 2 N–H and O–H groups in total. The standard InChI is InChI=1S/C18H31N3/c1-18(21(2)3)12-10-17(11-13-18)20-15-7-14-19-16-8-5-4-6-9-16/h4-6,8-9,17,19-20H,7,10-15H2,1-3H3. The maximum absolute atomic E-state index is 3.73. The summed E-state index contributed by atoms with van der Waals surface area (Å²) in [5, 5.41) is 7.19. The topological polar surface area (TPSA) is 27.3 Å². The van der Waals surface area contributed by atoms with Crippen LogP contribution in [0.25, 0.3) is 0 Å². The summed E-state index contributed by atoms with van der Waals surface area (Å²) in [6, 6.07) is 11.2. The maximum atomic E-state index is 3.73. The average molecular weight is 289 g/mol. The van der Waals surface area contributed by atoms with E-state index in [1.807, 2.05) is 0 Å². The van der Waals surface area contributed by atoms with Crippen LogP contribution in [-0.2, 0) is 0 Å². The first-order valence-corrected chi connectivity index (χ1v) is 8.30. The van der Waals surface area contributed by atoms with Crippen molar-refractivity contribution >= 4 is 5.69 Å². The second kappa shape index (κ2) is 7.81. The second-order valence-electron chi connectivity index (χ2n) is 6.77. The molecular formula is C18H31N3. The molecule has 0 unspecified atom stereocenters. The van der Waals surface area contributed by atoms with Gasteiger partial charge in [-0.25, -0.2) is 0 Å². The van der Waals surface area contributed by atoms with Crippen LogP contribution in [0.1, 0.15) is 39.0 Å². The van der Waals surface area contributed by atoms with Crippen LogP contribution in [-0.4, -0.2) is 43.7 Å². The molecule has 0 atom stereocenters. The van der Waals surface area contributed by atoms with Crippen molar-refractivity contribution in [2.24, 2.45) is 0 Å². The Morgan fingerprint density at radius 1 is 1.10 bits per heavy atom. The summed E-state index contributed by atoms with van der Waals surface area (Å²) in [4.78, 5) is 2.40. The molecule has 0 heterocycles. The third-order valence-electron chi connectivity index (χ3n) is 5.03. The normalized spacial score (nSPS) is 26.0. The van der Waals surface area contributed by atoms with Gasteiger partial charge in [0.15, 0.2) is 0 Å². The van der Waals surface area contributed by atoms with Gasteiger partial charge in [0, 0.05) is 23.8 Å². The summed E-state index contributed by atoms with van der Waals surface area (Å²) in [6.45, 7) is 4.55. The fourth-order valence-electron chi connectivity index (χ4n) is 3.07. The highest BCUT2D eigenvalue weighted by Gasteiger charge is 2.32. The highest BCUT2D eigenvalue weighted by molar-refractivity contribution is 5.42. The zero-order chi connectivity index (χ0) is 15.1. The average Bonchev–Trinajstić information content (AvgIpc) is 2.50. The van der Waals surface area contributed by atoms with E-state index in [1.54, 1.807) is 0 Å². The van der Waals surface area contributed by atoms with Crippen molar-refractivity contribution in [1.82, 2.24) is 10.2 Å². The fourth-order valence-corrected chi connectivity index (χ4v) is 3.07. The van der Waals surface area contributed by atoms with Crippen LogP contribution >= 0.6 is 0 Å². The third-order valence-corrected chi connectivity index (χ3v) is 5.03. The van der Waals surface area contributed by atoms with E-state index in [2.05, 4.69) is 66.9 Å². The predicted octanol–water partition coefficient (Wildman–Crippen LogP) is 3.34. The molecule has 3 nitrogen and oxygen atoms in total. The molecule has 1 saturated carbocycles. The monoisotopic (exact) mass is 289 g/mol. The van der Waals surface area contributed by atoms with Gasteiger partial charge in [-0.1, -0.05) is 18.2 Å². The first kappa shape index (κ1) is 16.3. The number of hydrogen-bond donors (Lipinski definition) is 2. The SMILES string of the molecule is CN(C)C1(C)CCC(NCCCNc2ccccc2)CC1. The summed E-state index contributed by atoms with van der Waals surface area (Å²) in [5.41, 5.74) is 1.63. The lowest BCUT2D eigenvalue weighted by Crippen LogP contribution is -2.47. The molecule has 118 valence electrons. The lowest BCUT2D eigenvalue weighted by molar-refractivity contribution is 0.106. The zero-order valence-corrected chi connectivity index (χ0v) is 13.9. The lowest BCUT2D eigenvalue weighted by Gasteiger charge is -2.42. The van der Waals surface area contributed by atoms with Gasteiger partial charge >= 0.3 is 0 Å². The summed E-state index contributed by atoms with van der Waals surface area (Å²) in [6.07, 6.45) is 6.40. The van der Waals surface area contributed by atoms with E-state index in [-0.39, 0.29) is 0 Å². The van der Waals surface area contributed by atoms with Crippen molar-refractivity contribution in [1.29, 1.82) is 0 Å². The Morgan fingerprint density at radius 3 is 2.38 bits per heavy atom. The Morgan fingerprint density at radius 2 is 1.76 bits per heavy atom. The van der Waals surface area contributed by atoms with E-state index in [4.69, 9.17) is 0 Å². The summed E-state index contributed by atoms with van der Waals surface area (Å²) in [7, 11) is 4.42. The highest BCUT2D eigenvalue weighted by atomic mass is 15.1. The van der Waals surface area contributed by atoms with Crippen LogP contribution in [0.5, 0.6) is 0 Å². The molecule has 1 aliphatic rings. The number of anilines is 1. The first-order chi connectivity index (χ1) is 10.1. The Kier molecular flexibility index (Phi) is 6.07. The molecule has 0 aliphatic heterocycles. The van der Waals surface area contributed by atoms with Crippen molar-refractivity contribution in [3.63, 3.8) is 0 Å². The molecule has 21 heavy (non-hydrogen) atoms. The van der Waals surface area contributed by atoms with Gasteiger partial charge in [-0.15, -0.1) is 0 Å². The van der Waals surface area contributed by atoms with E-state index in [1.165, 1.54) is 37.8 Å². The largest absolute Gasteiger partial charge is 0.385 e. The first-order valence-electron chi connectivity index (χ1n) is 8.30.